The van der Waals surface area contributed by atoms with E-state index < -0.39 is 11.4 Å². The Balaban J connectivity index is 2.61. The molecule has 0 saturated carbocycles. The first-order chi connectivity index (χ1) is 12.3. The summed E-state index contributed by atoms with van der Waals surface area (Å²) in [6.07, 6.45) is 5.13. The molecule has 26 heavy (non-hydrogen) atoms. The fraction of sp³-hybridized carbons (Fsp3) is 0.444. The number of amides is 2. The number of azide groups is 1. The minimum Gasteiger partial charge on any atom is -0.481 e. The van der Waals surface area contributed by atoms with Gasteiger partial charge in [-0.05, 0) is 44.0 Å². The Morgan fingerprint density at radius 2 is 2.00 bits per heavy atom. The molecule has 138 valence electrons. The summed E-state index contributed by atoms with van der Waals surface area (Å²) in [6, 6.07) is 7.17. The molecule has 0 saturated heterocycles. The summed E-state index contributed by atoms with van der Waals surface area (Å²) in [5.74, 6) is 2.33. The molecule has 8 nitrogen and oxygen atoms in total. The second-order valence-corrected chi connectivity index (χ2v) is 6.45. The summed E-state index contributed by atoms with van der Waals surface area (Å²) >= 11 is 0. The van der Waals surface area contributed by atoms with E-state index in [1.165, 1.54) is 4.90 Å². The molecule has 1 aromatic carbocycles. The third kappa shape index (κ3) is 7.16. The van der Waals surface area contributed by atoms with Crippen molar-refractivity contribution < 1.29 is 14.3 Å². The van der Waals surface area contributed by atoms with Crippen LogP contribution in [0.3, 0.4) is 0 Å². The molecular weight excluding hydrogens is 334 g/mol. The predicted molar refractivity (Wildman–Crippen MR) is 98.1 cm³/mol. The number of carbonyl (C=O) groups excluding carboxylic acids is 2. The third-order valence-corrected chi connectivity index (χ3v) is 3.42. The normalized spacial score (nSPS) is 10.2. The standard InChI is InChI=1S/C18H23N5O3/c1-5-10-26-15-8-6-14(7-9-15)11-20-16(24)13-23(18(2,3)4)17(25)12-21-22-19/h1,6-9H,10-13H2,2-4H3,(H,20,24). The van der Waals surface area contributed by atoms with E-state index in [0.29, 0.717) is 12.3 Å². The lowest BCUT2D eigenvalue weighted by molar-refractivity contribution is -0.139. The van der Waals surface area contributed by atoms with Gasteiger partial charge >= 0.3 is 0 Å². The summed E-state index contributed by atoms with van der Waals surface area (Å²) in [5, 5.41) is 6.04. The average Bonchev–Trinajstić information content (AvgIpc) is 2.60. The molecule has 0 aliphatic heterocycles. The van der Waals surface area contributed by atoms with E-state index in [2.05, 4.69) is 21.3 Å². The Kier molecular flexibility index (Phi) is 8.00. The van der Waals surface area contributed by atoms with Crippen LogP contribution in [0.15, 0.2) is 29.4 Å². The smallest absolute Gasteiger partial charge is 0.239 e. The topological polar surface area (TPSA) is 107 Å². The Hall–Kier alpha value is -3.17. The number of hydrogen-bond acceptors (Lipinski definition) is 4. The highest BCUT2D eigenvalue weighted by molar-refractivity contribution is 5.86. The molecule has 0 aliphatic carbocycles. The number of nitrogens with one attached hydrogen (secondary N) is 1. The van der Waals surface area contributed by atoms with Crippen molar-refractivity contribution in [3.05, 3.63) is 40.3 Å². The first-order valence-electron chi connectivity index (χ1n) is 8.01. The van der Waals surface area contributed by atoms with Gasteiger partial charge in [-0.2, -0.15) is 0 Å². The molecule has 1 N–H and O–H groups in total. The van der Waals surface area contributed by atoms with E-state index in [-0.39, 0.29) is 25.6 Å². The van der Waals surface area contributed by atoms with Gasteiger partial charge < -0.3 is 15.0 Å². The second kappa shape index (κ2) is 9.97. The number of nitrogens with zero attached hydrogens (tertiary/aromatic N) is 4. The fourth-order valence-corrected chi connectivity index (χ4v) is 2.11. The van der Waals surface area contributed by atoms with E-state index in [9.17, 15) is 9.59 Å². The molecule has 1 aromatic rings. The molecule has 0 unspecified atom stereocenters. The number of terminal acetylenes is 1. The van der Waals surface area contributed by atoms with Crippen LogP contribution < -0.4 is 10.1 Å². The lowest BCUT2D eigenvalue weighted by Gasteiger charge is -2.35. The predicted octanol–water partition coefficient (Wildman–Crippen LogP) is 2.25. The summed E-state index contributed by atoms with van der Waals surface area (Å²) in [7, 11) is 0. The number of carbonyl (C=O) groups is 2. The van der Waals surface area contributed by atoms with Crippen LogP contribution in [-0.4, -0.2) is 41.9 Å². The zero-order chi connectivity index (χ0) is 19.6. The molecule has 1 rings (SSSR count). The molecule has 0 radical (unpaired) electrons. The molecule has 0 bridgehead atoms. The second-order valence-electron chi connectivity index (χ2n) is 6.45. The van der Waals surface area contributed by atoms with Gasteiger partial charge in [-0.25, -0.2) is 0 Å². The van der Waals surface area contributed by atoms with E-state index >= 15 is 0 Å². The van der Waals surface area contributed by atoms with Crippen LogP contribution in [0.2, 0.25) is 0 Å². The molecule has 0 aliphatic rings. The molecule has 2 amide bonds. The Bertz CT molecular complexity index is 710. The maximum absolute atomic E-state index is 12.2. The highest BCUT2D eigenvalue weighted by Crippen LogP contribution is 2.14. The summed E-state index contributed by atoms with van der Waals surface area (Å²) in [4.78, 5) is 28.3. The van der Waals surface area contributed by atoms with Crippen LogP contribution in [0.1, 0.15) is 26.3 Å². The molecule has 0 heterocycles. The van der Waals surface area contributed by atoms with Crippen LogP contribution in [0.4, 0.5) is 0 Å². The van der Waals surface area contributed by atoms with E-state index in [4.69, 9.17) is 16.7 Å². The summed E-state index contributed by atoms with van der Waals surface area (Å²) in [6.45, 7) is 5.50. The minimum absolute atomic E-state index is 0.118. The fourth-order valence-electron chi connectivity index (χ4n) is 2.11. The molecular formula is C18H23N5O3. The van der Waals surface area contributed by atoms with E-state index in [1.807, 2.05) is 32.9 Å². The number of benzene rings is 1. The lowest BCUT2D eigenvalue weighted by atomic mass is 10.1. The van der Waals surface area contributed by atoms with Gasteiger partial charge in [0.2, 0.25) is 11.8 Å². The van der Waals surface area contributed by atoms with Crippen molar-refractivity contribution in [3.8, 4) is 18.1 Å². The zero-order valence-electron chi connectivity index (χ0n) is 15.2. The Morgan fingerprint density at radius 3 is 2.54 bits per heavy atom. The van der Waals surface area contributed by atoms with Gasteiger partial charge in [0, 0.05) is 17.0 Å². The minimum atomic E-state index is -0.574. The van der Waals surface area contributed by atoms with Crippen molar-refractivity contribution in [2.75, 3.05) is 19.7 Å². The van der Waals surface area contributed by atoms with Gasteiger partial charge in [-0.1, -0.05) is 23.2 Å². The lowest BCUT2D eigenvalue weighted by Crippen LogP contribution is -2.51. The molecule has 0 spiro atoms. The molecule has 0 atom stereocenters. The maximum Gasteiger partial charge on any atom is 0.239 e. The van der Waals surface area contributed by atoms with Crippen LogP contribution in [0, 0.1) is 12.3 Å². The van der Waals surface area contributed by atoms with Crippen molar-refractivity contribution in [1.29, 1.82) is 0 Å². The van der Waals surface area contributed by atoms with Crippen LogP contribution >= 0.6 is 0 Å². The number of rotatable bonds is 8. The van der Waals surface area contributed by atoms with E-state index in [1.54, 1.807) is 12.1 Å². The average molecular weight is 357 g/mol. The van der Waals surface area contributed by atoms with Crippen molar-refractivity contribution >= 4 is 11.8 Å². The van der Waals surface area contributed by atoms with Gasteiger partial charge in [-0.15, -0.1) is 6.42 Å². The third-order valence-electron chi connectivity index (χ3n) is 3.42. The van der Waals surface area contributed by atoms with Gasteiger partial charge in [0.05, 0.1) is 0 Å². The van der Waals surface area contributed by atoms with Gasteiger partial charge in [0.25, 0.3) is 0 Å². The SMILES string of the molecule is C#CCOc1ccc(CNC(=O)CN(C(=O)CN=[N+]=[N-])C(C)(C)C)cc1. The Morgan fingerprint density at radius 1 is 1.35 bits per heavy atom. The van der Waals surface area contributed by atoms with Crippen LogP contribution in [-0.2, 0) is 16.1 Å². The monoisotopic (exact) mass is 357 g/mol. The van der Waals surface area contributed by atoms with Gasteiger partial charge in [0.15, 0.2) is 0 Å². The Labute approximate surface area is 153 Å². The van der Waals surface area contributed by atoms with Crippen LogP contribution in [0.5, 0.6) is 5.75 Å². The quantitative estimate of drug-likeness (QED) is 0.334. The largest absolute Gasteiger partial charge is 0.481 e. The number of ether oxygens (including phenoxy) is 1. The van der Waals surface area contributed by atoms with Crippen molar-refractivity contribution in [1.82, 2.24) is 10.2 Å². The first-order valence-corrected chi connectivity index (χ1v) is 8.01. The molecule has 0 fully saturated rings. The number of hydrogen-bond donors (Lipinski definition) is 1. The highest BCUT2D eigenvalue weighted by atomic mass is 16.5. The molecule has 8 heteroatoms. The summed E-state index contributed by atoms with van der Waals surface area (Å²) in [5.41, 5.74) is 8.66. The van der Waals surface area contributed by atoms with Crippen molar-refractivity contribution in [2.24, 2.45) is 5.11 Å². The summed E-state index contributed by atoms with van der Waals surface area (Å²) < 4.78 is 5.28. The van der Waals surface area contributed by atoms with Crippen molar-refractivity contribution in [3.63, 3.8) is 0 Å². The van der Waals surface area contributed by atoms with Crippen LogP contribution in [0.25, 0.3) is 10.4 Å². The van der Waals surface area contributed by atoms with E-state index in [0.717, 1.165) is 5.56 Å². The van der Waals surface area contributed by atoms with Crippen molar-refractivity contribution in [2.45, 2.75) is 32.9 Å². The maximum atomic E-state index is 12.2. The highest BCUT2D eigenvalue weighted by Gasteiger charge is 2.27. The van der Waals surface area contributed by atoms with Gasteiger partial charge in [-0.3, -0.25) is 9.59 Å². The zero-order valence-corrected chi connectivity index (χ0v) is 15.2. The van der Waals surface area contributed by atoms with Gasteiger partial charge in [0.1, 0.15) is 25.4 Å². The molecule has 0 aromatic heterocycles. The first kappa shape index (κ1) is 20.9.